The fourth-order valence-corrected chi connectivity index (χ4v) is 2.55. The zero-order valence-corrected chi connectivity index (χ0v) is 13.0. The van der Waals surface area contributed by atoms with E-state index < -0.39 is 31.7 Å². The van der Waals surface area contributed by atoms with Crippen molar-refractivity contribution in [1.29, 1.82) is 0 Å². The second-order valence-corrected chi connectivity index (χ2v) is 6.85. The van der Waals surface area contributed by atoms with E-state index in [1.54, 1.807) is 24.3 Å². The Balaban J connectivity index is 2.59. The number of nitrogens with zero attached hydrogens (tertiary/aromatic N) is 1. The van der Waals surface area contributed by atoms with Crippen LogP contribution in [0.4, 0.5) is 0 Å². The van der Waals surface area contributed by atoms with Gasteiger partial charge in [-0.2, -0.15) is 5.09 Å². The molecule has 0 radical (unpaired) electrons. The fourth-order valence-electron chi connectivity index (χ4n) is 1.43. The number of nitrogens with one attached hydrogen (secondary N) is 1. The van der Waals surface area contributed by atoms with E-state index in [0.717, 1.165) is 12.5 Å². The maximum Gasteiger partial charge on any atom is 0.195 e. The Kier molecular flexibility index (Phi) is 6.70. The first-order valence-electron chi connectivity index (χ1n) is 6.45. The van der Waals surface area contributed by atoms with Gasteiger partial charge in [0.15, 0.2) is 13.7 Å². The second-order valence-electron chi connectivity index (χ2n) is 4.59. The third-order valence-electron chi connectivity index (χ3n) is 2.74. The van der Waals surface area contributed by atoms with Gasteiger partial charge in [0.2, 0.25) is 0 Å². The van der Waals surface area contributed by atoms with E-state index in [0.29, 0.717) is 0 Å². The lowest BCUT2D eigenvalue weighted by Crippen LogP contribution is -2.47. The van der Waals surface area contributed by atoms with E-state index in [4.69, 9.17) is 4.74 Å². The molecule has 0 saturated heterocycles. The Morgan fingerprint density at radius 1 is 1.36 bits per heavy atom. The molecular formula is C13H17N2O6P-2. The normalized spacial score (nSPS) is 17.4. The molecule has 2 unspecified atom stereocenters. The molecule has 22 heavy (non-hydrogen) atoms. The number of ether oxygens (including phenoxy) is 1. The van der Waals surface area contributed by atoms with Crippen LogP contribution in [0.3, 0.4) is 0 Å². The molecule has 0 aliphatic heterocycles. The summed E-state index contributed by atoms with van der Waals surface area (Å²) < 4.78 is 4.85. The van der Waals surface area contributed by atoms with Gasteiger partial charge in [-0.3, -0.25) is 0 Å². The smallest absolute Gasteiger partial charge is 0.195 e. The van der Waals surface area contributed by atoms with Gasteiger partial charge in [0, 0.05) is 6.61 Å². The highest BCUT2D eigenvalue weighted by Crippen LogP contribution is 2.46. The molecule has 1 aromatic rings. The van der Waals surface area contributed by atoms with Gasteiger partial charge < -0.3 is 24.6 Å². The first-order chi connectivity index (χ1) is 10.2. The number of benzene rings is 1. The summed E-state index contributed by atoms with van der Waals surface area (Å²) in [5.74, 6) is -2.88. The largest absolute Gasteiger partial charge is 0.640 e. The Labute approximate surface area is 128 Å². The van der Waals surface area contributed by atoms with Gasteiger partial charge >= 0.3 is 0 Å². The maximum atomic E-state index is 11.9. The van der Waals surface area contributed by atoms with Crippen LogP contribution in [-0.4, -0.2) is 28.8 Å². The molecule has 0 saturated carbocycles. The van der Waals surface area contributed by atoms with Gasteiger partial charge in [0.25, 0.3) is 0 Å². The zero-order valence-electron chi connectivity index (χ0n) is 12.1. The van der Waals surface area contributed by atoms with E-state index in [9.17, 15) is 24.8 Å². The van der Waals surface area contributed by atoms with Crippen molar-refractivity contribution in [2.24, 2.45) is 4.99 Å². The minimum atomic E-state index is -4.18. The number of carboxylic acids is 1. The average Bonchev–Trinajstić information content (AvgIpc) is 2.45. The third kappa shape index (κ3) is 5.95. The lowest BCUT2D eigenvalue weighted by Gasteiger charge is -2.31. The van der Waals surface area contributed by atoms with E-state index in [1.807, 2.05) is 11.2 Å². The number of aliphatic imine (C=N–C) groups is 1. The Hall–Kier alpha value is -1.73. The fraction of sp³-hybridized carbons (Fsp3) is 0.385. The molecule has 0 aromatic heterocycles. The van der Waals surface area contributed by atoms with Gasteiger partial charge in [-0.1, -0.05) is 30.3 Å². The molecule has 0 amide bonds. The molecule has 0 spiro atoms. The number of aliphatic carboxylic acids is 1. The van der Waals surface area contributed by atoms with Crippen LogP contribution in [-0.2, 0) is 16.1 Å². The molecular weight excluding hydrogens is 311 g/mol. The van der Waals surface area contributed by atoms with Crippen molar-refractivity contribution in [2.45, 2.75) is 32.3 Å². The molecule has 0 fully saturated rings. The summed E-state index contributed by atoms with van der Waals surface area (Å²) in [6.07, 6.45) is -1.01. The van der Waals surface area contributed by atoms with E-state index >= 15 is 0 Å². The maximum absolute atomic E-state index is 11.9. The Morgan fingerprint density at radius 3 is 2.50 bits per heavy atom. The molecule has 122 valence electrons. The summed E-state index contributed by atoms with van der Waals surface area (Å²) in [5.41, 5.74) is 0.745. The predicted octanol–water partition coefficient (Wildman–Crippen LogP) is -1.89. The van der Waals surface area contributed by atoms with Crippen LogP contribution in [0.15, 0.2) is 35.3 Å². The standard InChI is InChI=1S/C13H19N2O6P/c1-9(12(16)17)15-22(19,20)10(2)14-13(18)21-8-11-6-4-3-5-7-11/h3-7,9-10H,8H2,1-2H3,(H,14,18)(H,16,17)(H2,15,19,20)/p-2/t9-,10?/m1/s1. The van der Waals surface area contributed by atoms with Crippen LogP contribution < -0.4 is 20.2 Å². The average molecular weight is 328 g/mol. The lowest BCUT2D eigenvalue weighted by atomic mass is 10.2. The molecule has 0 heterocycles. The van der Waals surface area contributed by atoms with Crippen molar-refractivity contribution in [3.63, 3.8) is 0 Å². The number of hydrogen-bond donors (Lipinski definition) is 2. The summed E-state index contributed by atoms with van der Waals surface area (Å²) in [7, 11) is -4.18. The van der Waals surface area contributed by atoms with Crippen molar-refractivity contribution < 1.29 is 29.5 Å². The highest BCUT2D eigenvalue weighted by Gasteiger charge is 2.33. The summed E-state index contributed by atoms with van der Waals surface area (Å²) in [4.78, 5) is 35.6. The van der Waals surface area contributed by atoms with Crippen LogP contribution in [0.2, 0.25) is 0 Å². The topological polar surface area (TPSA) is 140 Å². The predicted molar refractivity (Wildman–Crippen MR) is 74.9 cm³/mol. The monoisotopic (exact) mass is 328 g/mol. The first kappa shape index (κ1) is 18.3. The summed E-state index contributed by atoms with van der Waals surface area (Å²) in [6.45, 7) is 2.34. The zero-order chi connectivity index (χ0) is 16.8. The molecule has 9 heteroatoms. The van der Waals surface area contributed by atoms with Crippen LogP contribution in [0.1, 0.15) is 19.4 Å². The summed E-state index contributed by atoms with van der Waals surface area (Å²) >= 11 is 0. The second kappa shape index (κ2) is 8.05. The van der Waals surface area contributed by atoms with Crippen molar-refractivity contribution in [1.82, 2.24) is 5.09 Å². The molecule has 1 aromatic carbocycles. The summed E-state index contributed by atoms with van der Waals surface area (Å²) in [5, 5.41) is 24.1. The highest BCUT2D eigenvalue weighted by molar-refractivity contribution is 7.61. The number of carboxylic acid groups (broad SMARTS) is 1. The van der Waals surface area contributed by atoms with E-state index in [-0.39, 0.29) is 6.61 Å². The van der Waals surface area contributed by atoms with Crippen molar-refractivity contribution in [2.75, 3.05) is 0 Å². The summed E-state index contributed by atoms with van der Waals surface area (Å²) in [6, 6.07) is 7.50. The number of carbonyl (C=O) groups is 1. The van der Waals surface area contributed by atoms with Gasteiger partial charge in [0.1, 0.15) is 6.08 Å². The SMILES string of the molecule is CC(N=C([O-])OCc1ccccc1)[P+]([O-])(O)N[C@H](C)C(=O)[O-]. The minimum Gasteiger partial charge on any atom is -0.640 e. The van der Waals surface area contributed by atoms with Crippen LogP contribution >= 0.6 is 7.87 Å². The Morgan fingerprint density at radius 2 is 1.95 bits per heavy atom. The van der Waals surface area contributed by atoms with Gasteiger partial charge in [-0.25, -0.2) is 9.89 Å². The molecule has 8 nitrogen and oxygen atoms in total. The Bertz CT molecular complexity index is 523. The molecule has 1 rings (SSSR count). The molecule has 0 bridgehead atoms. The minimum absolute atomic E-state index is 0.0193. The van der Waals surface area contributed by atoms with E-state index in [2.05, 4.69) is 4.99 Å². The third-order valence-corrected chi connectivity index (χ3v) is 4.62. The first-order valence-corrected chi connectivity index (χ1v) is 8.18. The number of carbonyl (C=O) groups excluding carboxylic acids is 1. The van der Waals surface area contributed by atoms with Gasteiger partial charge in [-0.15, -0.1) is 0 Å². The lowest BCUT2D eigenvalue weighted by molar-refractivity contribution is -0.308. The van der Waals surface area contributed by atoms with Crippen LogP contribution in [0, 0.1) is 0 Å². The van der Waals surface area contributed by atoms with E-state index in [1.165, 1.54) is 6.92 Å². The van der Waals surface area contributed by atoms with Crippen molar-refractivity contribution >= 4 is 19.9 Å². The van der Waals surface area contributed by atoms with Crippen LogP contribution in [0.5, 0.6) is 0 Å². The molecule has 2 N–H and O–H groups in total. The molecule has 0 aliphatic carbocycles. The number of rotatable bonds is 7. The van der Waals surface area contributed by atoms with Crippen LogP contribution in [0.25, 0.3) is 0 Å². The van der Waals surface area contributed by atoms with Gasteiger partial charge in [0.05, 0.1) is 12.0 Å². The van der Waals surface area contributed by atoms with Crippen molar-refractivity contribution in [3.05, 3.63) is 35.9 Å². The highest BCUT2D eigenvalue weighted by atomic mass is 31.2. The number of hydrogen-bond acceptors (Lipinski definition) is 8. The quantitative estimate of drug-likeness (QED) is 0.339. The van der Waals surface area contributed by atoms with Crippen molar-refractivity contribution in [3.8, 4) is 0 Å². The molecule has 3 atom stereocenters. The van der Waals surface area contributed by atoms with Gasteiger partial charge in [-0.05, 0) is 19.4 Å². The molecule has 0 aliphatic rings.